The lowest BCUT2D eigenvalue weighted by Gasteiger charge is -2.42. The number of amides is 1. The van der Waals surface area contributed by atoms with Gasteiger partial charge in [0.2, 0.25) is 0 Å². The van der Waals surface area contributed by atoms with Gasteiger partial charge in [0.15, 0.2) is 12.0 Å². The topological polar surface area (TPSA) is 144 Å². The highest BCUT2D eigenvalue weighted by Gasteiger charge is 2.46. The maximum atomic E-state index is 14.1. The number of ether oxygens (including phenoxy) is 4. The molecule has 0 unspecified atom stereocenters. The fraction of sp³-hybridized carbons (Fsp3) is 0.405. The van der Waals surface area contributed by atoms with Crippen molar-refractivity contribution in [3.8, 4) is 5.75 Å². The normalized spacial score (nSPS) is 17.9. The van der Waals surface area contributed by atoms with Gasteiger partial charge in [-0.3, -0.25) is 19.7 Å². The summed E-state index contributed by atoms with van der Waals surface area (Å²) in [5, 5.41) is 12.9. The van der Waals surface area contributed by atoms with E-state index in [4.69, 9.17) is 30.5 Å². The van der Waals surface area contributed by atoms with Crippen molar-refractivity contribution in [2.75, 3.05) is 32.3 Å². The summed E-state index contributed by atoms with van der Waals surface area (Å²) in [5.41, 5.74) is 1.18. The van der Waals surface area contributed by atoms with Gasteiger partial charge in [-0.2, -0.15) is 4.36 Å². The molecule has 13 heteroatoms. The number of allylic oxidation sites excluding steroid dienone is 1. The number of nitro benzene ring substituents is 1. The molecule has 0 saturated carbocycles. The van der Waals surface area contributed by atoms with E-state index in [0.29, 0.717) is 17.9 Å². The molecule has 1 aliphatic carbocycles. The van der Waals surface area contributed by atoms with E-state index in [1.54, 1.807) is 38.1 Å². The van der Waals surface area contributed by atoms with Crippen molar-refractivity contribution in [3.05, 3.63) is 117 Å². The minimum Gasteiger partial charge on any atom is -0.486 e. The lowest BCUT2D eigenvalue weighted by atomic mass is 9.69. The van der Waals surface area contributed by atoms with Crippen LogP contribution in [0.3, 0.4) is 0 Å². The van der Waals surface area contributed by atoms with Gasteiger partial charge < -0.3 is 18.9 Å². The molecule has 0 aliphatic heterocycles. The Hall–Kier alpha value is -4.10. The largest absolute Gasteiger partial charge is 0.486 e. The van der Waals surface area contributed by atoms with Gasteiger partial charge in [-0.1, -0.05) is 61.0 Å². The van der Waals surface area contributed by atoms with Crippen molar-refractivity contribution < 1.29 is 37.7 Å². The summed E-state index contributed by atoms with van der Waals surface area (Å²) >= 11 is 6.28. The van der Waals surface area contributed by atoms with Crippen molar-refractivity contribution in [3.63, 3.8) is 0 Å². The van der Waals surface area contributed by atoms with Crippen LogP contribution in [0, 0.1) is 16.0 Å². The monoisotopic (exact) mass is 726 g/mol. The Kier molecular flexibility index (Phi) is 13.3. The fourth-order valence-electron chi connectivity index (χ4n) is 6.45. The smallest absolute Gasteiger partial charge is 0.320 e. The van der Waals surface area contributed by atoms with Crippen LogP contribution in [-0.2, 0) is 40.6 Å². The molecule has 0 radical (unpaired) electrons. The molecule has 0 fully saturated rings. The fourth-order valence-corrected chi connectivity index (χ4v) is 8.77. The molecule has 1 amide bonds. The summed E-state index contributed by atoms with van der Waals surface area (Å²) in [6, 6.07) is 18.3. The highest BCUT2D eigenvalue weighted by molar-refractivity contribution is 7.94. The van der Waals surface area contributed by atoms with Crippen LogP contribution in [-0.4, -0.2) is 59.6 Å². The van der Waals surface area contributed by atoms with Crippen molar-refractivity contribution in [1.82, 2.24) is 0 Å². The molecule has 0 saturated heterocycles. The molecule has 0 spiro atoms. The second kappa shape index (κ2) is 17.2. The molecule has 3 aromatic carbocycles. The van der Waals surface area contributed by atoms with Crippen LogP contribution >= 0.6 is 11.6 Å². The minimum absolute atomic E-state index is 0.0367. The number of hydrogen-bond donors (Lipinski definition) is 0. The van der Waals surface area contributed by atoms with Crippen molar-refractivity contribution in [2.24, 2.45) is 10.3 Å². The van der Waals surface area contributed by atoms with Gasteiger partial charge in [0.05, 0.1) is 20.1 Å². The zero-order valence-electron chi connectivity index (χ0n) is 28.7. The predicted molar refractivity (Wildman–Crippen MR) is 192 cm³/mol. The summed E-state index contributed by atoms with van der Waals surface area (Å²) in [6.45, 7) is 7.17. The first-order valence-electron chi connectivity index (χ1n) is 16.2. The number of nitro groups is 1. The molecule has 50 heavy (non-hydrogen) atoms. The van der Waals surface area contributed by atoms with Gasteiger partial charge in [0.1, 0.15) is 18.5 Å². The van der Waals surface area contributed by atoms with Crippen LogP contribution in [0.1, 0.15) is 66.3 Å². The van der Waals surface area contributed by atoms with E-state index >= 15 is 0 Å². The first-order valence-corrected chi connectivity index (χ1v) is 18.5. The van der Waals surface area contributed by atoms with E-state index in [2.05, 4.69) is 10.9 Å². The number of aryl methyl sites for hydroxylation is 1. The van der Waals surface area contributed by atoms with Crippen molar-refractivity contribution >= 4 is 38.9 Å². The van der Waals surface area contributed by atoms with Crippen LogP contribution in [0.25, 0.3) is 0 Å². The zero-order chi connectivity index (χ0) is 36.5. The Morgan fingerprint density at radius 2 is 1.82 bits per heavy atom. The molecule has 4 rings (SSSR count). The summed E-state index contributed by atoms with van der Waals surface area (Å²) in [7, 11) is -0.453. The molecule has 0 N–H and O–H groups in total. The summed E-state index contributed by atoms with van der Waals surface area (Å²) in [5.74, 6) is -2.77. The number of carbonyl (C=O) groups is 2. The Morgan fingerprint density at radius 3 is 2.48 bits per heavy atom. The Balaban J connectivity index is 1.63. The van der Waals surface area contributed by atoms with Crippen molar-refractivity contribution in [2.45, 2.75) is 57.3 Å². The SMILES string of the molecule is C=CC[C@H](C)C[S@@](=O)(CC(=O)O[C@@H](C)c1ccccc1)=NC(=O)c1ccc(OC[C@@]2(C(OC)OC)CCCc3cc(Cl)ccc32)c([N+](=O)[O-])c1. The highest BCUT2D eigenvalue weighted by atomic mass is 35.5. The molecular formula is C37H43ClN2O9S. The zero-order valence-corrected chi connectivity index (χ0v) is 30.2. The van der Waals surface area contributed by atoms with Crippen LogP contribution < -0.4 is 4.74 Å². The van der Waals surface area contributed by atoms with Gasteiger partial charge in [0, 0.05) is 36.6 Å². The number of esters is 1. The standard InChI is InChI=1S/C37H43ClN2O9S/c1-6-11-25(2)22-50(45,23-34(41)49-26(3)27-12-8-7-9-13-27)39-35(42)29-15-18-33(32(21-29)40(43)44)48-24-37(36(46-4)47-5)19-10-14-28-20-30(38)16-17-31(28)37/h6-9,12-13,15-18,20-21,25-26,36H,1,10-11,14,19,22-24H2,2-5H3/t25-,26-,37-,50+/m0/s1. The van der Waals surface area contributed by atoms with E-state index in [-0.39, 0.29) is 29.6 Å². The third kappa shape index (κ3) is 9.36. The predicted octanol–water partition coefficient (Wildman–Crippen LogP) is 7.65. The lowest BCUT2D eigenvalue weighted by molar-refractivity contribution is -0.386. The number of rotatable bonds is 16. The average Bonchev–Trinajstić information content (AvgIpc) is 3.07. The number of nitrogens with zero attached hydrogens (tertiary/aromatic N) is 2. The van der Waals surface area contributed by atoms with Gasteiger partial charge >= 0.3 is 11.7 Å². The first-order chi connectivity index (χ1) is 23.8. The quantitative estimate of drug-likeness (QED) is 0.0478. The van der Waals surface area contributed by atoms with E-state index in [1.165, 1.54) is 26.4 Å². The van der Waals surface area contributed by atoms with Crippen LogP contribution in [0.4, 0.5) is 5.69 Å². The summed E-state index contributed by atoms with van der Waals surface area (Å²) < 4.78 is 41.2. The van der Waals surface area contributed by atoms with Crippen LogP contribution in [0.15, 0.2) is 83.7 Å². The van der Waals surface area contributed by atoms with E-state index < -0.39 is 55.8 Å². The summed E-state index contributed by atoms with van der Waals surface area (Å²) in [6.07, 6.45) is 2.95. The molecule has 268 valence electrons. The maximum absolute atomic E-state index is 14.1. The molecule has 0 aromatic heterocycles. The molecule has 3 aromatic rings. The third-order valence-corrected chi connectivity index (χ3v) is 11.2. The van der Waals surface area contributed by atoms with Gasteiger partial charge in [-0.05, 0) is 79.5 Å². The molecule has 1 aliphatic rings. The first kappa shape index (κ1) is 38.7. The number of halogens is 1. The second-order valence-electron chi connectivity index (χ2n) is 12.5. The minimum atomic E-state index is -3.49. The van der Waals surface area contributed by atoms with E-state index in [9.17, 15) is 23.9 Å². The number of benzene rings is 3. The highest BCUT2D eigenvalue weighted by Crippen LogP contribution is 2.43. The lowest BCUT2D eigenvalue weighted by Crippen LogP contribution is -2.49. The van der Waals surface area contributed by atoms with Crippen LogP contribution in [0.5, 0.6) is 5.75 Å². The van der Waals surface area contributed by atoms with Gasteiger partial charge in [-0.25, -0.2) is 4.21 Å². The van der Waals surface area contributed by atoms with Gasteiger partial charge in [0.25, 0.3) is 5.91 Å². The van der Waals surface area contributed by atoms with Gasteiger partial charge in [-0.15, -0.1) is 6.58 Å². The number of carbonyl (C=O) groups excluding carboxylic acids is 2. The maximum Gasteiger partial charge on any atom is 0.320 e. The van der Waals surface area contributed by atoms with Crippen molar-refractivity contribution in [1.29, 1.82) is 0 Å². The Morgan fingerprint density at radius 1 is 1.10 bits per heavy atom. The molecule has 0 bridgehead atoms. The molecule has 11 nitrogen and oxygen atoms in total. The summed E-state index contributed by atoms with van der Waals surface area (Å²) in [4.78, 5) is 38.1. The molecule has 4 atom stereocenters. The Labute approximate surface area is 298 Å². The number of fused-ring (bicyclic) bond motifs is 1. The van der Waals surface area contributed by atoms with E-state index in [1.807, 2.05) is 30.3 Å². The number of methoxy groups -OCH3 is 2. The third-order valence-electron chi connectivity index (χ3n) is 8.72. The average molecular weight is 727 g/mol. The number of hydrogen-bond acceptors (Lipinski definition) is 9. The Bertz CT molecular complexity index is 1820. The second-order valence-corrected chi connectivity index (χ2v) is 15.3. The van der Waals surface area contributed by atoms with E-state index in [0.717, 1.165) is 35.6 Å². The molecular weight excluding hydrogens is 684 g/mol. The van der Waals surface area contributed by atoms with Crippen LogP contribution in [0.2, 0.25) is 5.02 Å². The molecule has 0 heterocycles.